The smallest absolute Gasteiger partial charge is 0.224 e. The molecule has 5 rings (SSSR count). The highest BCUT2D eigenvalue weighted by Gasteiger charge is 2.29. The maximum Gasteiger partial charge on any atom is 0.224 e. The molecule has 2 fully saturated rings. The summed E-state index contributed by atoms with van der Waals surface area (Å²) in [5.41, 5.74) is 3.80. The minimum Gasteiger partial charge on any atom is -0.355 e. The molecule has 3 aromatic rings. The molecular formula is C27H38N8O. The number of fused-ring (bicyclic) bond motifs is 1. The number of rotatable bonds is 7. The van der Waals surface area contributed by atoms with Crippen molar-refractivity contribution >= 4 is 22.6 Å². The molecule has 1 N–H and O–H groups in total. The van der Waals surface area contributed by atoms with Crippen LogP contribution >= 0.6 is 0 Å². The van der Waals surface area contributed by atoms with E-state index in [0.29, 0.717) is 13.1 Å². The summed E-state index contributed by atoms with van der Waals surface area (Å²) in [5.74, 6) is 0.875. The molecule has 0 unspecified atom stereocenters. The van der Waals surface area contributed by atoms with Gasteiger partial charge in [0.15, 0.2) is 5.82 Å². The van der Waals surface area contributed by atoms with Crippen molar-refractivity contribution in [3.63, 3.8) is 0 Å². The van der Waals surface area contributed by atoms with Gasteiger partial charge < -0.3 is 15.1 Å². The van der Waals surface area contributed by atoms with Crippen molar-refractivity contribution in [1.82, 2.24) is 35.1 Å². The number of aromatic nitrogens is 4. The highest BCUT2D eigenvalue weighted by molar-refractivity contribution is 5.92. The number of carbonyl (C=O) groups is 1. The van der Waals surface area contributed by atoms with E-state index in [1.807, 2.05) is 29.8 Å². The van der Waals surface area contributed by atoms with Gasteiger partial charge in [0.1, 0.15) is 5.52 Å². The second-order valence-corrected chi connectivity index (χ2v) is 10.0. The molecule has 2 aliphatic heterocycles. The monoisotopic (exact) mass is 490 g/mol. The molecule has 1 atom stereocenters. The lowest BCUT2D eigenvalue weighted by Crippen LogP contribution is -2.49. The largest absolute Gasteiger partial charge is 0.355 e. The summed E-state index contributed by atoms with van der Waals surface area (Å²) in [4.78, 5) is 20.2. The van der Waals surface area contributed by atoms with Gasteiger partial charge in [-0.15, -0.1) is 5.10 Å². The first kappa shape index (κ1) is 24.6. The maximum absolute atomic E-state index is 13.1. The van der Waals surface area contributed by atoms with E-state index in [4.69, 9.17) is 5.10 Å². The third-order valence-electron chi connectivity index (χ3n) is 7.72. The number of piperazine rings is 1. The topological polar surface area (TPSA) is 82.4 Å². The SMILES string of the molecule is CCN1CCN(CCNC(=O)[C@H]2CCCN(c3nnc(C)c4c(C)n(-c5ccccc5)nc34)C2)CC1. The quantitative estimate of drug-likeness (QED) is 0.545. The van der Waals surface area contributed by atoms with Crippen molar-refractivity contribution in [2.75, 3.05) is 63.8 Å². The van der Waals surface area contributed by atoms with Crippen molar-refractivity contribution in [3.05, 3.63) is 41.7 Å². The third-order valence-corrected chi connectivity index (χ3v) is 7.72. The molecule has 192 valence electrons. The molecule has 0 radical (unpaired) electrons. The van der Waals surface area contributed by atoms with Gasteiger partial charge in [-0.2, -0.15) is 10.2 Å². The highest BCUT2D eigenvalue weighted by Crippen LogP contribution is 2.31. The zero-order chi connectivity index (χ0) is 25.1. The summed E-state index contributed by atoms with van der Waals surface area (Å²) < 4.78 is 1.97. The van der Waals surface area contributed by atoms with Gasteiger partial charge in [-0.1, -0.05) is 25.1 Å². The van der Waals surface area contributed by atoms with Crippen molar-refractivity contribution in [1.29, 1.82) is 0 Å². The standard InChI is InChI=1S/C27H38N8O/c1-4-32-15-17-33(18-16-32)14-12-28-27(36)22-9-8-13-34(19-22)26-25-24(20(2)29-30-26)21(3)35(31-25)23-10-6-5-7-11-23/h5-7,10-11,22H,4,8-9,12-19H2,1-3H3,(H,28,36)/t22-/m0/s1. The number of benzene rings is 1. The summed E-state index contributed by atoms with van der Waals surface area (Å²) in [6.45, 7) is 14.9. The Hall–Kier alpha value is -3.04. The fourth-order valence-corrected chi connectivity index (χ4v) is 5.54. The van der Waals surface area contributed by atoms with Crippen LogP contribution in [0.1, 0.15) is 31.2 Å². The third kappa shape index (κ3) is 5.08. The first-order valence-corrected chi connectivity index (χ1v) is 13.3. The van der Waals surface area contributed by atoms with Gasteiger partial charge in [0.25, 0.3) is 0 Å². The number of carbonyl (C=O) groups excluding carboxylic acids is 1. The van der Waals surface area contributed by atoms with E-state index in [2.05, 4.69) is 56.2 Å². The summed E-state index contributed by atoms with van der Waals surface area (Å²) in [6.07, 6.45) is 1.85. The molecule has 2 saturated heterocycles. The molecule has 36 heavy (non-hydrogen) atoms. The number of hydrogen-bond donors (Lipinski definition) is 1. The van der Waals surface area contributed by atoms with Crippen molar-refractivity contribution < 1.29 is 4.79 Å². The Bertz CT molecular complexity index is 1190. The molecule has 4 heterocycles. The predicted octanol–water partition coefficient (Wildman–Crippen LogP) is 2.40. The number of likely N-dealkylation sites (N-methyl/N-ethyl adjacent to an activating group) is 1. The van der Waals surface area contributed by atoms with Gasteiger partial charge in [0.05, 0.1) is 28.4 Å². The van der Waals surface area contributed by atoms with Crippen LogP contribution in [0, 0.1) is 19.8 Å². The number of nitrogens with zero attached hydrogens (tertiary/aromatic N) is 7. The Kier molecular flexibility index (Phi) is 7.48. The number of anilines is 1. The van der Waals surface area contributed by atoms with E-state index in [-0.39, 0.29) is 11.8 Å². The predicted molar refractivity (Wildman–Crippen MR) is 143 cm³/mol. The summed E-state index contributed by atoms with van der Waals surface area (Å²) in [6, 6.07) is 10.2. The molecule has 9 nitrogen and oxygen atoms in total. The Morgan fingerprint density at radius 3 is 2.53 bits per heavy atom. The van der Waals surface area contributed by atoms with Crippen LogP contribution in [0.3, 0.4) is 0 Å². The van der Waals surface area contributed by atoms with Crippen LogP contribution in [-0.4, -0.2) is 94.6 Å². The fourth-order valence-electron chi connectivity index (χ4n) is 5.54. The minimum absolute atomic E-state index is 0.0499. The fraction of sp³-hybridized carbons (Fsp3) is 0.556. The van der Waals surface area contributed by atoms with Gasteiger partial charge in [0, 0.05) is 52.4 Å². The average Bonchev–Trinajstić information content (AvgIpc) is 3.27. The van der Waals surface area contributed by atoms with Gasteiger partial charge in [-0.25, -0.2) is 4.68 Å². The molecule has 0 bridgehead atoms. The molecule has 1 aromatic carbocycles. The maximum atomic E-state index is 13.1. The lowest BCUT2D eigenvalue weighted by Gasteiger charge is -2.34. The van der Waals surface area contributed by atoms with Crippen LogP contribution in [0.15, 0.2) is 30.3 Å². The Morgan fingerprint density at radius 2 is 1.78 bits per heavy atom. The van der Waals surface area contributed by atoms with Crippen molar-refractivity contribution in [2.45, 2.75) is 33.6 Å². The summed E-state index contributed by atoms with van der Waals surface area (Å²) >= 11 is 0. The molecule has 0 aliphatic carbocycles. The molecule has 0 saturated carbocycles. The van der Waals surface area contributed by atoms with E-state index >= 15 is 0 Å². The van der Waals surface area contributed by atoms with E-state index in [9.17, 15) is 4.79 Å². The molecular weight excluding hydrogens is 452 g/mol. The average molecular weight is 491 g/mol. The normalized spacial score (nSPS) is 19.6. The lowest BCUT2D eigenvalue weighted by molar-refractivity contribution is -0.125. The number of nitrogens with one attached hydrogen (secondary N) is 1. The van der Waals surface area contributed by atoms with Gasteiger partial charge >= 0.3 is 0 Å². The van der Waals surface area contributed by atoms with E-state index in [0.717, 1.165) is 92.5 Å². The number of piperidine rings is 1. The molecule has 1 amide bonds. The summed E-state index contributed by atoms with van der Waals surface area (Å²) in [7, 11) is 0. The minimum atomic E-state index is -0.0499. The van der Waals surface area contributed by atoms with E-state index in [1.54, 1.807) is 0 Å². The van der Waals surface area contributed by atoms with Crippen molar-refractivity contribution in [2.24, 2.45) is 5.92 Å². The Balaban J connectivity index is 1.26. The van der Waals surface area contributed by atoms with E-state index in [1.165, 1.54) is 0 Å². The molecule has 9 heteroatoms. The second kappa shape index (κ2) is 10.9. The zero-order valence-electron chi connectivity index (χ0n) is 21.8. The highest BCUT2D eigenvalue weighted by atomic mass is 16.1. The van der Waals surface area contributed by atoms with Crippen molar-refractivity contribution in [3.8, 4) is 5.69 Å². The van der Waals surface area contributed by atoms with Crippen LogP contribution in [0.4, 0.5) is 5.82 Å². The van der Waals surface area contributed by atoms with Gasteiger partial charge in [-0.05, 0) is 45.4 Å². The molecule has 2 aromatic heterocycles. The number of amides is 1. The van der Waals surface area contributed by atoms with Crippen LogP contribution in [-0.2, 0) is 4.79 Å². The lowest BCUT2D eigenvalue weighted by atomic mass is 9.97. The molecule has 2 aliphatic rings. The second-order valence-electron chi connectivity index (χ2n) is 10.0. The summed E-state index contributed by atoms with van der Waals surface area (Å²) in [5, 5.41) is 18.3. The number of para-hydroxylation sites is 1. The van der Waals surface area contributed by atoms with Crippen LogP contribution in [0.5, 0.6) is 0 Å². The van der Waals surface area contributed by atoms with E-state index < -0.39 is 0 Å². The Morgan fingerprint density at radius 1 is 1.03 bits per heavy atom. The van der Waals surface area contributed by atoms with Crippen LogP contribution in [0.25, 0.3) is 16.6 Å². The zero-order valence-corrected chi connectivity index (χ0v) is 21.8. The Labute approximate surface area is 213 Å². The van der Waals surface area contributed by atoms with Crippen LogP contribution < -0.4 is 10.2 Å². The first-order chi connectivity index (χ1) is 17.5. The van der Waals surface area contributed by atoms with Gasteiger partial charge in [0.2, 0.25) is 5.91 Å². The van der Waals surface area contributed by atoms with Crippen LogP contribution in [0.2, 0.25) is 0 Å². The first-order valence-electron chi connectivity index (χ1n) is 13.3. The molecule has 0 spiro atoms. The van der Waals surface area contributed by atoms with Gasteiger partial charge in [-0.3, -0.25) is 9.69 Å². The number of hydrogen-bond acceptors (Lipinski definition) is 7. The number of aryl methyl sites for hydroxylation is 2.